The summed E-state index contributed by atoms with van der Waals surface area (Å²) in [5.41, 5.74) is 0. The van der Waals surface area contributed by atoms with Crippen LogP contribution in [0.3, 0.4) is 0 Å². The smallest absolute Gasteiger partial charge is 0.305 e. The molecule has 0 bridgehead atoms. The van der Waals surface area contributed by atoms with Crippen molar-refractivity contribution in [3.05, 3.63) is 0 Å². The largest absolute Gasteiger partial charge is 0.481 e. The molecule has 0 aromatic carbocycles. The molecule has 0 saturated carbocycles. The number of carboxylic acid groups (broad SMARTS) is 1. The zero-order chi connectivity index (χ0) is 13.5. The van der Waals surface area contributed by atoms with Gasteiger partial charge in [0, 0.05) is 12.8 Å². The molecular formula is C13H26O4. The van der Waals surface area contributed by atoms with Crippen molar-refractivity contribution in [2.45, 2.75) is 65.7 Å². The average molecular weight is 246 g/mol. The third-order valence-corrected chi connectivity index (χ3v) is 2.01. The number of esters is 1. The Labute approximate surface area is 104 Å². The molecule has 0 radical (unpaired) electrons. The van der Waals surface area contributed by atoms with Crippen molar-refractivity contribution in [3.63, 3.8) is 0 Å². The zero-order valence-electron chi connectivity index (χ0n) is 11.3. The quantitative estimate of drug-likeness (QED) is 0.526. The molecule has 4 heteroatoms. The minimum Gasteiger partial charge on any atom is -0.481 e. The van der Waals surface area contributed by atoms with E-state index in [9.17, 15) is 9.59 Å². The minimum absolute atomic E-state index is 0.0819. The van der Waals surface area contributed by atoms with E-state index < -0.39 is 5.97 Å². The number of hydrogen-bond donors (Lipinski definition) is 1. The first-order valence-corrected chi connectivity index (χ1v) is 6.45. The number of aliphatic carboxylic acids is 1. The van der Waals surface area contributed by atoms with Gasteiger partial charge in [-0.1, -0.05) is 40.0 Å². The van der Waals surface area contributed by atoms with Gasteiger partial charge in [-0.3, -0.25) is 9.59 Å². The van der Waals surface area contributed by atoms with Gasteiger partial charge in [-0.25, -0.2) is 0 Å². The van der Waals surface area contributed by atoms with E-state index in [2.05, 4.69) is 6.92 Å². The molecule has 0 aliphatic rings. The summed E-state index contributed by atoms with van der Waals surface area (Å²) in [6, 6.07) is 0. The number of unbranched alkanes of at least 4 members (excludes halogenated alkanes) is 3. The van der Waals surface area contributed by atoms with Crippen molar-refractivity contribution in [3.8, 4) is 0 Å². The second-order valence-electron chi connectivity index (χ2n) is 3.78. The van der Waals surface area contributed by atoms with Crippen LogP contribution in [0.2, 0.25) is 0 Å². The standard InChI is InChI=1S/C9H18O2.C4H8O2/c1-3-5-6-7-8-11-9(10)4-2;1-2-3-4(5)6/h3-8H2,1-2H3;2-3H2,1H3,(H,5,6). The van der Waals surface area contributed by atoms with Gasteiger partial charge in [0.2, 0.25) is 0 Å². The Morgan fingerprint density at radius 3 is 2.00 bits per heavy atom. The third kappa shape index (κ3) is 20.9. The zero-order valence-corrected chi connectivity index (χ0v) is 11.3. The average Bonchev–Trinajstić information content (AvgIpc) is 2.29. The second-order valence-corrected chi connectivity index (χ2v) is 3.78. The lowest BCUT2D eigenvalue weighted by atomic mass is 10.2. The molecule has 0 fully saturated rings. The van der Waals surface area contributed by atoms with Crippen LogP contribution in [0.15, 0.2) is 0 Å². The molecule has 0 heterocycles. The van der Waals surface area contributed by atoms with E-state index in [0.29, 0.717) is 19.4 Å². The van der Waals surface area contributed by atoms with Crippen LogP contribution in [-0.4, -0.2) is 23.7 Å². The number of carbonyl (C=O) groups excluding carboxylic acids is 1. The number of rotatable bonds is 8. The molecule has 0 rings (SSSR count). The molecule has 4 nitrogen and oxygen atoms in total. The first-order chi connectivity index (χ1) is 8.08. The summed E-state index contributed by atoms with van der Waals surface area (Å²) in [5.74, 6) is -0.793. The van der Waals surface area contributed by atoms with E-state index in [4.69, 9.17) is 9.84 Å². The molecule has 102 valence electrons. The Hall–Kier alpha value is -1.06. The summed E-state index contributed by atoms with van der Waals surface area (Å²) >= 11 is 0. The topological polar surface area (TPSA) is 63.6 Å². The van der Waals surface area contributed by atoms with Crippen molar-refractivity contribution < 1.29 is 19.4 Å². The highest BCUT2D eigenvalue weighted by atomic mass is 16.5. The van der Waals surface area contributed by atoms with Crippen molar-refractivity contribution in [1.82, 2.24) is 0 Å². The van der Waals surface area contributed by atoms with Crippen LogP contribution in [0, 0.1) is 0 Å². The predicted octanol–water partition coefficient (Wildman–Crippen LogP) is 3.39. The third-order valence-electron chi connectivity index (χ3n) is 2.01. The van der Waals surface area contributed by atoms with Gasteiger partial charge in [-0.2, -0.15) is 0 Å². The molecule has 0 unspecified atom stereocenters. The van der Waals surface area contributed by atoms with Crippen LogP contribution in [-0.2, 0) is 14.3 Å². The molecule has 17 heavy (non-hydrogen) atoms. The fourth-order valence-electron chi connectivity index (χ4n) is 1.03. The van der Waals surface area contributed by atoms with E-state index in [1.807, 2.05) is 13.8 Å². The lowest BCUT2D eigenvalue weighted by molar-refractivity contribution is -0.143. The molecule has 0 aliphatic carbocycles. The SMILES string of the molecule is CCCC(=O)O.CCCCCCOC(=O)CC. The molecule has 0 saturated heterocycles. The maximum Gasteiger partial charge on any atom is 0.305 e. The van der Waals surface area contributed by atoms with Crippen LogP contribution >= 0.6 is 0 Å². The molecule has 1 N–H and O–H groups in total. The van der Waals surface area contributed by atoms with Gasteiger partial charge in [0.1, 0.15) is 0 Å². The van der Waals surface area contributed by atoms with E-state index in [-0.39, 0.29) is 5.97 Å². The fourth-order valence-corrected chi connectivity index (χ4v) is 1.03. The highest BCUT2D eigenvalue weighted by Gasteiger charge is 1.96. The van der Waals surface area contributed by atoms with Crippen molar-refractivity contribution in [1.29, 1.82) is 0 Å². The Balaban J connectivity index is 0. The highest BCUT2D eigenvalue weighted by molar-refractivity contribution is 5.68. The molecule has 0 aromatic heterocycles. The lowest BCUT2D eigenvalue weighted by Crippen LogP contribution is -2.03. The van der Waals surface area contributed by atoms with E-state index in [1.54, 1.807) is 0 Å². The van der Waals surface area contributed by atoms with E-state index in [1.165, 1.54) is 19.3 Å². The summed E-state index contributed by atoms with van der Waals surface area (Å²) in [7, 11) is 0. The number of carbonyl (C=O) groups is 2. The summed E-state index contributed by atoms with van der Waals surface area (Å²) < 4.78 is 4.90. The van der Waals surface area contributed by atoms with Crippen LogP contribution in [0.5, 0.6) is 0 Å². The first-order valence-electron chi connectivity index (χ1n) is 6.45. The van der Waals surface area contributed by atoms with Crippen LogP contribution in [0.1, 0.15) is 65.7 Å². The summed E-state index contributed by atoms with van der Waals surface area (Å²) in [6.07, 6.45) is 6.17. The Kier molecular flexibility index (Phi) is 16.1. The Morgan fingerprint density at radius 1 is 1.00 bits per heavy atom. The number of ether oxygens (including phenoxy) is 1. The van der Waals surface area contributed by atoms with Gasteiger partial charge < -0.3 is 9.84 Å². The van der Waals surface area contributed by atoms with Gasteiger partial charge in [-0.05, 0) is 12.8 Å². The predicted molar refractivity (Wildman–Crippen MR) is 67.9 cm³/mol. The van der Waals surface area contributed by atoms with E-state index >= 15 is 0 Å². The van der Waals surface area contributed by atoms with Gasteiger partial charge >= 0.3 is 11.9 Å². The molecule has 0 atom stereocenters. The molecule has 0 aliphatic heterocycles. The summed E-state index contributed by atoms with van der Waals surface area (Å²) in [4.78, 5) is 20.2. The fraction of sp³-hybridized carbons (Fsp3) is 0.846. The maximum absolute atomic E-state index is 10.6. The molecular weight excluding hydrogens is 220 g/mol. The minimum atomic E-state index is -0.711. The monoisotopic (exact) mass is 246 g/mol. The van der Waals surface area contributed by atoms with E-state index in [0.717, 1.165) is 12.8 Å². The number of hydrogen-bond acceptors (Lipinski definition) is 3. The molecule has 0 amide bonds. The summed E-state index contributed by atoms with van der Waals surface area (Å²) in [6.45, 7) is 6.42. The lowest BCUT2D eigenvalue weighted by Gasteiger charge is -2.01. The van der Waals surface area contributed by atoms with Crippen molar-refractivity contribution in [2.24, 2.45) is 0 Å². The van der Waals surface area contributed by atoms with Crippen molar-refractivity contribution >= 4 is 11.9 Å². The highest BCUT2D eigenvalue weighted by Crippen LogP contribution is 1.99. The van der Waals surface area contributed by atoms with Gasteiger partial charge in [0.05, 0.1) is 6.61 Å². The Bertz CT molecular complexity index is 190. The normalized spacial score (nSPS) is 9.12. The molecule has 0 aromatic rings. The van der Waals surface area contributed by atoms with Crippen LogP contribution < -0.4 is 0 Å². The Morgan fingerprint density at radius 2 is 1.65 bits per heavy atom. The van der Waals surface area contributed by atoms with Crippen LogP contribution in [0.4, 0.5) is 0 Å². The van der Waals surface area contributed by atoms with Gasteiger partial charge in [0.15, 0.2) is 0 Å². The summed E-state index contributed by atoms with van der Waals surface area (Å²) in [5, 5.41) is 7.91. The number of carboxylic acids is 1. The van der Waals surface area contributed by atoms with Gasteiger partial charge in [0.25, 0.3) is 0 Å². The van der Waals surface area contributed by atoms with Gasteiger partial charge in [-0.15, -0.1) is 0 Å². The maximum atomic E-state index is 10.6. The second kappa shape index (κ2) is 14.9. The van der Waals surface area contributed by atoms with Crippen molar-refractivity contribution in [2.75, 3.05) is 6.61 Å². The first kappa shape index (κ1) is 18.3. The van der Waals surface area contributed by atoms with Crippen LogP contribution in [0.25, 0.3) is 0 Å². The molecule has 0 spiro atoms.